The molecule has 5 rings (SSSR count). The van der Waals surface area contributed by atoms with Crippen LogP contribution in [0, 0.1) is 11.7 Å². The Kier molecular flexibility index (Phi) is 5.94. The van der Waals surface area contributed by atoms with Crippen LogP contribution in [0.4, 0.5) is 4.39 Å². The maximum Gasteiger partial charge on any atom is 0.309 e. The lowest BCUT2D eigenvalue weighted by Crippen LogP contribution is -2.09. The van der Waals surface area contributed by atoms with Gasteiger partial charge in [0.2, 0.25) is 0 Å². The van der Waals surface area contributed by atoms with Gasteiger partial charge in [-0.05, 0) is 73.1 Å². The van der Waals surface area contributed by atoms with Crippen LogP contribution in [0.1, 0.15) is 60.4 Å². The minimum absolute atomic E-state index is 0.0131. The van der Waals surface area contributed by atoms with Gasteiger partial charge in [-0.15, -0.1) is 0 Å². The number of methoxy groups -OCH3 is 1. The minimum Gasteiger partial charge on any atom is -0.469 e. The summed E-state index contributed by atoms with van der Waals surface area (Å²) in [5.74, 6) is -0.671. The quantitative estimate of drug-likeness (QED) is 0.379. The van der Waals surface area contributed by atoms with Crippen LogP contribution in [0.2, 0.25) is 10.0 Å². The summed E-state index contributed by atoms with van der Waals surface area (Å²) in [7, 11) is 1.41. The van der Waals surface area contributed by atoms with Crippen LogP contribution in [-0.2, 0) is 28.9 Å². The molecule has 0 saturated heterocycles. The van der Waals surface area contributed by atoms with Crippen molar-refractivity contribution in [3.8, 4) is 0 Å². The van der Waals surface area contributed by atoms with Crippen molar-refractivity contribution >= 4 is 40.1 Å². The molecule has 1 heterocycles. The molecular formula is C26H26Cl2FNO2. The molecule has 1 aromatic heterocycles. The number of hydrogen-bond donors (Lipinski definition) is 0. The first kappa shape index (κ1) is 21.8. The molecule has 2 aliphatic carbocycles. The van der Waals surface area contributed by atoms with Crippen molar-refractivity contribution in [1.29, 1.82) is 0 Å². The Labute approximate surface area is 197 Å². The van der Waals surface area contributed by atoms with E-state index in [0.29, 0.717) is 23.0 Å². The van der Waals surface area contributed by atoms with Crippen molar-refractivity contribution in [3.63, 3.8) is 0 Å². The molecule has 168 valence electrons. The first-order valence-electron chi connectivity index (χ1n) is 11.3. The first-order valence-corrected chi connectivity index (χ1v) is 12.1. The van der Waals surface area contributed by atoms with E-state index in [1.165, 1.54) is 31.2 Å². The highest BCUT2D eigenvalue weighted by atomic mass is 35.5. The van der Waals surface area contributed by atoms with E-state index in [-0.39, 0.29) is 23.6 Å². The molecule has 0 aliphatic heterocycles. The number of carbonyl (C=O) groups is 1. The summed E-state index contributed by atoms with van der Waals surface area (Å²) < 4.78 is 22.1. The number of halogens is 3. The van der Waals surface area contributed by atoms with Gasteiger partial charge in [0.05, 0.1) is 18.5 Å². The Morgan fingerprint density at radius 2 is 1.91 bits per heavy atom. The van der Waals surface area contributed by atoms with E-state index in [1.807, 2.05) is 12.1 Å². The van der Waals surface area contributed by atoms with Gasteiger partial charge in [-0.1, -0.05) is 42.1 Å². The Hall–Kier alpha value is -2.04. The maximum atomic E-state index is 14.8. The van der Waals surface area contributed by atoms with Gasteiger partial charge in [0.15, 0.2) is 0 Å². The number of esters is 1. The van der Waals surface area contributed by atoms with Crippen LogP contribution in [0.5, 0.6) is 0 Å². The summed E-state index contributed by atoms with van der Waals surface area (Å²) >= 11 is 12.7. The van der Waals surface area contributed by atoms with Gasteiger partial charge in [0.1, 0.15) is 5.82 Å². The fraction of sp³-hybridized carbons (Fsp3) is 0.423. The second kappa shape index (κ2) is 8.72. The van der Waals surface area contributed by atoms with Crippen molar-refractivity contribution in [2.45, 2.75) is 57.4 Å². The lowest BCUT2D eigenvalue weighted by molar-refractivity contribution is -0.142. The molecule has 6 heteroatoms. The minimum atomic E-state index is -0.241. The predicted molar refractivity (Wildman–Crippen MR) is 126 cm³/mol. The summed E-state index contributed by atoms with van der Waals surface area (Å²) in [6.07, 6.45) is 7.23. The fourth-order valence-electron chi connectivity index (χ4n) is 5.35. The zero-order valence-corrected chi connectivity index (χ0v) is 19.6. The maximum absolute atomic E-state index is 14.8. The molecule has 2 aliphatic rings. The Balaban J connectivity index is 1.71. The smallest absolute Gasteiger partial charge is 0.309 e. The lowest BCUT2D eigenvalue weighted by atomic mass is 9.95. The Morgan fingerprint density at radius 3 is 2.66 bits per heavy atom. The molecule has 2 atom stereocenters. The number of benzene rings is 2. The van der Waals surface area contributed by atoms with Crippen LogP contribution >= 0.6 is 23.2 Å². The van der Waals surface area contributed by atoms with E-state index in [2.05, 4.69) is 4.57 Å². The van der Waals surface area contributed by atoms with Gasteiger partial charge in [0.25, 0.3) is 0 Å². The van der Waals surface area contributed by atoms with Crippen LogP contribution in [0.25, 0.3) is 10.9 Å². The Morgan fingerprint density at radius 1 is 1.12 bits per heavy atom. The topological polar surface area (TPSA) is 31.2 Å². The van der Waals surface area contributed by atoms with E-state index in [4.69, 9.17) is 27.9 Å². The average molecular weight is 474 g/mol. The normalized spacial score (nSPS) is 20.5. The first-order chi connectivity index (χ1) is 15.5. The molecule has 0 bridgehead atoms. The van der Waals surface area contributed by atoms with Crippen molar-refractivity contribution < 1.29 is 13.9 Å². The summed E-state index contributed by atoms with van der Waals surface area (Å²) in [5.41, 5.74) is 5.45. The largest absolute Gasteiger partial charge is 0.469 e. The summed E-state index contributed by atoms with van der Waals surface area (Å²) in [4.78, 5) is 12.2. The summed E-state index contributed by atoms with van der Waals surface area (Å²) in [6, 6.07) is 8.87. The van der Waals surface area contributed by atoms with Gasteiger partial charge in [-0.2, -0.15) is 0 Å². The Bertz CT molecular complexity index is 1200. The third-order valence-electron chi connectivity index (χ3n) is 7.00. The second-order valence-corrected chi connectivity index (χ2v) is 9.87. The number of aryl methyl sites for hydroxylation is 1. The zero-order chi connectivity index (χ0) is 22.4. The van der Waals surface area contributed by atoms with E-state index >= 15 is 0 Å². The third kappa shape index (κ3) is 3.92. The van der Waals surface area contributed by atoms with Crippen molar-refractivity contribution in [3.05, 3.63) is 68.6 Å². The standard InChI is InChI=1S/C26H26Cl2FNO2/c1-32-26(31)22-13-19(22)21-12-17(29)11-20-18-6-4-2-3-5-7-24(18)30(25(20)21)14-15-8-9-16(27)10-23(15)28/h8-12,19,22H,2-7,13-14H2,1H3. The second-order valence-electron chi connectivity index (χ2n) is 9.02. The average Bonchev–Trinajstić information content (AvgIpc) is 3.49. The molecule has 3 aromatic rings. The molecular weight excluding hydrogens is 448 g/mol. The van der Waals surface area contributed by atoms with E-state index in [9.17, 15) is 9.18 Å². The highest BCUT2D eigenvalue weighted by Crippen LogP contribution is 2.51. The van der Waals surface area contributed by atoms with Crippen molar-refractivity contribution in [2.24, 2.45) is 5.92 Å². The van der Waals surface area contributed by atoms with Gasteiger partial charge in [-0.25, -0.2) is 4.39 Å². The highest BCUT2D eigenvalue weighted by Gasteiger charge is 2.46. The van der Waals surface area contributed by atoms with Gasteiger partial charge in [-0.3, -0.25) is 4.79 Å². The van der Waals surface area contributed by atoms with Gasteiger partial charge < -0.3 is 9.30 Å². The molecule has 32 heavy (non-hydrogen) atoms. The van der Waals surface area contributed by atoms with Crippen molar-refractivity contribution in [2.75, 3.05) is 7.11 Å². The van der Waals surface area contributed by atoms with Gasteiger partial charge in [0, 0.05) is 33.6 Å². The number of aromatic nitrogens is 1. The number of nitrogens with zero attached hydrogens (tertiary/aromatic N) is 1. The van der Waals surface area contributed by atoms with Crippen LogP contribution < -0.4 is 0 Å². The SMILES string of the molecule is COC(=O)C1CC1c1cc(F)cc2c3c(n(Cc4ccc(Cl)cc4Cl)c12)CCCCCC3. The number of carbonyl (C=O) groups excluding carboxylic acids is 1. The molecule has 1 saturated carbocycles. The number of fused-ring (bicyclic) bond motifs is 3. The highest BCUT2D eigenvalue weighted by molar-refractivity contribution is 6.35. The van der Waals surface area contributed by atoms with E-state index < -0.39 is 0 Å². The predicted octanol–water partition coefficient (Wildman–Crippen LogP) is 7.07. The summed E-state index contributed by atoms with van der Waals surface area (Å²) in [5, 5.41) is 2.21. The third-order valence-corrected chi connectivity index (χ3v) is 7.59. The van der Waals surface area contributed by atoms with Crippen molar-refractivity contribution in [1.82, 2.24) is 4.57 Å². The van der Waals surface area contributed by atoms with Crippen LogP contribution in [0.3, 0.4) is 0 Å². The molecule has 3 nitrogen and oxygen atoms in total. The molecule has 0 amide bonds. The molecule has 2 unspecified atom stereocenters. The molecule has 0 spiro atoms. The fourth-order valence-corrected chi connectivity index (χ4v) is 5.81. The summed E-state index contributed by atoms with van der Waals surface area (Å²) in [6.45, 7) is 0.593. The molecule has 0 radical (unpaired) electrons. The monoisotopic (exact) mass is 473 g/mol. The molecule has 0 N–H and O–H groups in total. The van der Waals surface area contributed by atoms with E-state index in [1.54, 1.807) is 18.2 Å². The van der Waals surface area contributed by atoms with Crippen LogP contribution in [-0.4, -0.2) is 17.6 Å². The number of hydrogen-bond acceptors (Lipinski definition) is 2. The van der Waals surface area contributed by atoms with Gasteiger partial charge >= 0.3 is 5.97 Å². The van der Waals surface area contributed by atoms with E-state index in [0.717, 1.165) is 47.7 Å². The molecule has 1 fully saturated rings. The zero-order valence-electron chi connectivity index (χ0n) is 18.1. The van der Waals surface area contributed by atoms with Crippen LogP contribution in [0.15, 0.2) is 30.3 Å². The lowest BCUT2D eigenvalue weighted by Gasteiger charge is -2.17. The number of ether oxygens (including phenoxy) is 1. The number of rotatable bonds is 4. The molecule has 2 aromatic carbocycles.